The molecule has 176 valence electrons. The Kier molecular flexibility index (Phi) is 7.09. The average molecular weight is 479 g/mol. The van der Waals surface area contributed by atoms with Crippen molar-refractivity contribution in [3.05, 3.63) is 84.4 Å². The van der Waals surface area contributed by atoms with Crippen LogP contribution in [0.5, 0.6) is 0 Å². The maximum Gasteiger partial charge on any atom is 0.309 e. The number of ether oxygens (including phenoxy) is 1. The van der Waals surface area contributed by atoms with Crippen molar-refractivity contribution >= 4 is 27.6 Å². The highest BCUT2D eigenvalue weighted by Crippen LogP contribution is 2.26. The zero-order valence-electron chi connectivity index (χ0n) is 18.8. The Morgan fingerprint density at radius 3 is 2.21 bits per heavy atom. The predicted molar refractivity (Wildman–Crippen MR) is 130 cm³/mol. The summed E-state index contributed by atoms with van der Waals surface area (Å²) >= 11 is 0. The second kappa shape index (κ2) is 10.2. The summed E-state index contributed by atoms with van der Waals surface area (Å²) in [6.45, 7) is 0.458. The number of benzene rings is 3. The Morgan fingerprint density at radius 1 is 0.912 bits per heavy atom. The van der Waals surface area contributed by atoms with E-state index in [1.807, 2.05) is 42.5 Å². The fourth-order valence-corrected chi connectivity index (χ4v) is 5.55. The molecule has 1 saturated heterocycles. The highest BCUT2D eigenvalue weighted by atomic mass is 32.2. The molecule has 1 fully saturated rings. The van der Waals surface area contributed by atoms with Gasteiger partial charge in [-0.15, -0.1) is 0 Å². The highest BCUT2D eigenvalue weighted by molar-refractivity contribution is 7.89. The Labute approximate surface area is 199 Å². The minimum Gasteiger partial charge on any atom is -0.469 e. The summed E-state index contributed by atoms with van der Waals surface area (Å²) in [5.41, 5.74) is 3.07. The minimum atomic E-state index is -3.75. The number of piperidine rings is 1. The Balaban J connectivity index is 1.42. The second-order valence-corrected chi connectivity index (χ2v) is 10.1. The Morgan fingerprint density at radius 2 is 1.56 bits per heavy atom. The molecule has 1 amide bonds. The van der Waals surface area contributed by atoms with Crippen LogP contribution in [0.1, 0.15) is 23.2 Å². The van der Waals surface area contributed by atoms with E-state index < -0.39 is 21.9 Å². The van der Waals surface area contributed by atoms with Gasteiger partial charge >= 0.3 is 5.97 Å². The van der Waals surface area contributed by atoms with Crippen molar-refractivity contribution in [3.8, 4) is 11.1 Å². The Bertz CT molecular complexity index is 1260. The molecule has 3 aromatic rings. The van der Waals surface area contributed by atoms with Crippen molar-refractivity contribution in [1.29, 1.82) is 0 Å². The van der Waals surface area contributed by atoms with Crippen LogP contribution in [0, 0.1) is 5.92 Å². The van der Waals surface area contributed by atoms with Crippen LogP contribution in [0.15, 0.2) is 83.8 Å². The molecule has 1 atom stereocenters. The van der Waals surface area contributed by atoms with Crippen molar-refractivity contribution in [2.75, 3.05) is 25.5 Å². The monoisotopic (exact) mass is 478 g/mol. The van der Waals surface area contributed by atoms with Crippen LogP contribution in [0.4, 0.5) is 5.69 Å². The van der Waals surface area contributed by atoms with Crippen LogP contribution >= 0.6 is 0 Å². The molecule has 1 aliphatic rings. The molecule has 8 heteroatoms. The molecule has 0 unspecified atom stereocenters. The van der Waals surface area contributed by atoms with Gasteiger partial charge in [-0.05, 0) is 60.4 Å². The van der Waals surface area contributed by atoms with E-state index in [9.17, 15) is 18.0 Å². The molecular weight excluding hydrogens is 452 g/mol. The third kappa shape index (κ3) is 5.18. The molecule has 3 aromatic carbocycles. The van der Waals surface area contributed by atoms with E-state index in [4.69, 9.17) is 4.74 Å². The first-order chi connectivity index (χ1) is 16.4. The zero-order valence-corrected chi connectivity index (χ0v) is 19.6. The smallest absolute Gasteiger partial charge is 0.309 e. The summed E-state index contributed by atoms with van der Waals surface area (Å²) in [5, 5.41) is 2.80. The van der Waals surface area contributed by atoms with Gasteiger partial charge in [-0.2, -0.15) is 4.31 Å². The van der Waals surface area contributed by atoms with E-state index in [-0.39, 0.29) is 17.3 Å². The van der Waals surface area contributed by atoms with Crippen LogP contribution in [0.2, 0.25) is 0 Å². The quantitative estimate of drug-likeness (QED) is 0.537. The average Bonchev–Trinajstić information content (AvgIpc) is 2.89. The zero-order chi connectivity index (χ0) is 24.1. The van der Waals surface area contributed by atoms with Crippen LogP contribution in [-0.2, 0) is 19.6 Å². The molecule has 0 aromatic heterocycles. The fraction of sp³-hybridized carbons (Fsp3) is 0.231. The van der Waals surface area contributed by atoms with Crippen LogP contribution < -0.4 is 5.32 Å². The SMILES string of the molecule is COC(=O)[C@H]1CCCN(S(=O)(=O)c2ccc(NC(=O)c3ccc(-c4ccccc4)cc3)cc2)C1. The molecule has 0 radical (unpaired) electrons. The number of carbonyl (C=O) groups excluding carboxylic acids is 2. The summed E-state index contributed by atoms with van der Waals surface area (Å²) < 4.78 is 32.2. The Hall–Kier alpha value is -3.49. The fourth-order valence-electron chi connectivity index (χ4n) is 4.03. The summed E-state index contributed by atoms with van der Waals surface area (Å²) in [6, 6.07) is 23.2. The van der Waals surface area contributed by atoms with E-state index in [2.05, 4.69) is 5.32 Å². The van der Waals surface area contributed by atoms with Gasteiger partial charge in [0.1, 0.15) is 0 Å². The highest BCUT2D eigenvalue weighted by Gasteiger charge is 2.33. The van der Waals surface area contributed by atoms with Crippen molar-refractivity contribution in [2.45, 2.75) is 17.7 Å². The molecule has 34 heavy (non-hydrogen) atoms. The first-order valence-corrected chi connectivity index (χ1v) is 12.5. The molecule has 0 bridgehead atoms. The lowest BCUT2D eigenvalue weighted by Crippen LogP contribution is -2.42. The number of hydrogen-bond donors (Lipinski definition) is 1. The van der Waals surface area contributed by atoms with E-state index in [0.29, 0.717) is 30.6 Å². The lowest BCUT2D eigenvalue weighted by molar-refractivity contribution is -0.146. The number of amides is 1. The molecule has 7 nitrogen and oxygen atoms in total. The molecule has 1 aliphatic heterocycles. The number of rotatable bonds is 6. The first kappa shape index (κ1) is 23.7. The van der Waals surface area contributed by atoms with Gasteiger partial charge in [0.15, 0.2) is 0 Å². The largest absolute Gasteiger partial charge is 0.469 e. The van der Waals surface area contributed by atoms with Gasteiger partial charge in [0, 0.05) is 24.3 Å². The molecular formula is C26H26N2O5S. The van der Waals surface area contributed by atoms with Crippen LogP contribution in [-0.4, -0.2) is 44.8 Å². The topological polar surface area (TPSA) is 92.8 Å². The lowest BCUT2D eigenvalue weighted by atomic mass is 10.0. The van der Waals surface area contributed by atoms with Crippen molar-refractivity contribution < 1.29 is 22.7 Å². The first-order valence-electron chi connectivity index (χ1n) is 11.0. The van der Waals surface area contributed by atoms with Gasteiger partial charge in [0.2, 0.25) is 10.0 Å². The summed E-state index contributed by atoms with van der Waals surface area (Å²) in [4.78, 5) is 24.6. The van der Waals surface area contributed by atoms with E-state index in [1.54, 1.807) is 24.3 Å². The number of esters is 1. The molecule has 1 heterocycles. The van der Waals surface area contributed by atoms with Gasteiger partial charge in [-0.1, -0.05) is 42.5 Å². The van der Waals surface area contributed by atoms with Gasteiger partial charge in [0.25, 0.3) is 5.91 Å². The molecule has 1 N–H and O–H groups in total. The van der Waals surface area contributed by atoms with E-state index in [0.717, 1.165) is 11.1 Å². The number of nitrogens with zero attached hydrogens (tertiary/aromatic N) is 1. The van der Waals surface area contributed by atoms with Gasteiger partial charge in [-0.25, -0.2) is 8.42 Å². The maximum atomic E-state index is 13.0. The van der Waals surface area contributed by atoms with E-state index >= 15 is 0 Å². The van der Waals surface area contributed by atoms with Crippen molar-refractivity contribution in [1.82, 2.24) is 4.31 Å². The van der Waals surface area contributed by atoms with Gasteiger partial charge < -0.3 is 10.1 Å². The number of anilines is 1. The molecule has 0 aliphatic carbocycles. The van der Waals surface area contributed by atoms with Crippen molar-refractivity contribution in [3.63, 3.8) is 0 Å². The molecule has 4 rings (SSSR count). The predicted octanol–water partition coefficient (Wildman–Crippen LogP) is 4.18. The third-order valence-corrected chi connectivity index (χ3v) is 7.80. The standard InChI is InChI=1S/C26H26N2O5S/c1-33-26(30)22-8-5-17-28(18-22)34(31,32)24-15-13-23(14-16-24)27-25(29)21-11-9-20(10-12-21)19-6-3-2-4-7-19/h2-4,6-7,9-16,22H,5,8,17-18H2,1H3,(H,27,29)/t22-/m0/s1. The number of hydrogen-bond acceptors (Lipinski definition) is 5. The van der Waals surface area contributed by atoms with Gasteiger partial charge in [0.05, 0.1) is 17.9 Å². The van der Waals surface area contributed by atoms with Gasteiger partial charge in [-0.3, -0.25) is 9.59 Å². The number of sulfonamides is 1. The second-order valence-electron chi connectivity index (χ2n) is 8.15. The van der Waals surface area contributed by atoms with Crippen LogP contribution in [0.25, 0.3) is 11.1 Å². The summed E-state index contributed by atoms with van der Waals surface area (Å²) in [6.07, 6.45) is 1.20. The summed E-state index contributed by atoms with van der Waals surface area (Å²) in [7, 11) is -2.45. The molecule has 0 saturated carbocycles. The normalized spacial score (nSPS) is 16.6. The van der Waals surface area contributed by atoms with Crippen molar-refractivity contribution in [2.24, 2.45) is 5.92 Å². The maximum absolute atomic E-state index is 13.0. The number of carbonyl (C=O) groups is 2. The minimum absolute atomic E-state index is 0.104. The lowest BCUT2D eigenvalue weighted by Gasteiger charge is -2.30. The number of methoxy groups -OCH3 is 1. The van der Waals surface area contributed by atoms with Crippen LogP contribution in [0.3, 0.4) is 0 Å². The summed E-state index contributed by atoms with van der Waals surface area (Å²) in [5.74, 6) is -1.14. The van der Waals surface area contributed by atoms with E-state index in [1.165, 1.54) is 23.5 Å². The third-order valence-electron chi connectivity index (χ3n) is 5.92. The molecule has 0 spiro atoms. The number of nitrogens with one attached hydrogen (secondary N) is 1.